The van der Waals surface area contributed by atoms with E-state index < -0.39 is 12.7 Å². The van der Waals surface area contributed by atoms with Crippen molar-refractivity contribution in [2.24, 2.45) is 0 Å². The van der Waals surface area contributed by atoms with Crippen LogP contribution in [0, 0.1) is 6.57 Å². The normalized spacial score (nSPS) is 10.8. The molecule has 0 spiro atoms. The van der Waals surface area contributed by atoms with E-state index in [1.165, 1.54) is 18.2 Å². The number of hydrogen-bond donors (Lipinski definition) is 2. The molecule has 6 heteroatoms. The van der Waals surface area contributed by atoms with Gasteiger partial charge in [-0.25, -0.2) is 4.85 Å². The smallest absolute Gasteiger partial charge is 0.397 e. The van der Waals surface area contributed by atoms with Gasteiger partial charge in [-0.1, -0.05) is 6.07 Å². The molecule has 0 aliphatic rings. The molecule has 0 amide bonds. The van der Waals surface area contributed by atoms with Crippen molar-refractivity contribution in [3.05, 3.63) is 29.6 Å². The SMILES string of the molecule is [C-]#[N+]c1ccc(N)c(NCC(F)(F)F)c1. The minimum atomic E-state index is -4.31. The molecule has 1 aromatic rings. The summed E-state index contributed by atoms with van der Waals surface area (Å²) >= 11 is 0. The number of nitrogens with one attached hydrogen (secondary N) is 1. The highest BCUT2D eigenvalue weighted by atomic mass is 19.4. The lowest BCUT2D eigenvalue weighted by molar-refractivity contribution is -0.115. The lowest BCUT2D eigenvalue weighted by atomic mass is 10.2. The second-order valence-corrected chi connectivity index (χ2v) is 2.85. The molecule has 0 saturated carbocycles. The van der Waals surface area contributed by atoms with E-state index in [1.807, 2.05) is 0 Å². The Bertz CT molecular complexity index is 393. The molecule has 0 bridgehead atoms. The number of nitrogens with two attached hydrogens (primary N) is 1. The third kappa shape index (κ3) is 3.38. The van der Waals surface area contributed by atoms with Crippen LogP contribution in [0.4, 0.5) is 30.2 Å². The molecule has 0 unspecified atom stereocenters. The van der Waals surface area contributed by atoms with E-state index in [4.69, 9.17) is 12.3 Å². The molecule has 15 heavy (non-hydrogen) atoms. The summed E-state index contributed by atoms with van der Waals surface area (Å²) in [5.74, 6) is 0. The fourth-order valence-corrected chi connectivity index (χ4v) is 0.962. The van der Waals surface area contributed by atoms with Gasteiger partial charge in [0, 0.05) is 5.69 Å². The van der Waals surface area contributed by atoms with Gasteiger partial charge in [0.1, 0.15) is 6.54 Å². The number of nitrogens with zero attached hydrogens (tertiary/aromatic N) is 1. The van der Waals surface area contributed by atoms with Crippen LogP contribution < -0.4 is 11.1 Å². The molecule has 0 heterocycles. The summed E-state index contributed by atoms with van der Waals surface area (Å²) in [5.41, 5.74) is 6.00. The molecular weight excluding hydrogens is 207 g/mol. The third-order valence-electron chi connectivity index (χ3n) is 1.65. The zero-order valence-electron chi connectivity index (χ0n) is 7.60. The van der Waals surface area contributed by atoms with Crippen molar-refractivity contribution in [3.8, 4) is 0 Å². The monoisotopic (exact) mass is 215 g/mol. The van der Waals surface area contributed by atoms with Crippen LogP contribution in [0.15, 0.2) is 18.2 Å². The number of halogens is 3. The first-order chi connectivity index (χ1) is 6.92. The Kier molecular flexibility index (Phi) is 3.04. The van der Waals surface area contributed by atoms with E-state index >= 15 is 0 Å². The Morgan fingerprint density at radius 2 is 2.07 bits per heavy atom. The van der Waals surface area contributed by atoms with Crippen molar-refractivity contribution in [1.82, 2.24) is 0 Å². The van der Waals surface area contributed by atoms with Crippen LogP contribution in [0.2, 0.25) is 0 Å². The van der Waals surface area contributed by atoms with E-state index in [0.717, 1.165) is 0 Å². The van der Waals surface area contributed by atoms with Gasteiger partial charge >= 0.3 is 6.18 Å². The van der Waals surface area contributed by atoms with Gasteiger partial charge in [0.25, 0.3) is 0 Å². The Morgan fingerprint density at radius 1 is 1.40 bits per heavy atom. The first-order valence-corrected chi connectivity index (χ1v) is 4.00. The highest BCUT2D eigenvalue weighted by Crippen LogP contribution is 2.26. The van der Waals surface area contributed by atoms with Gasteiger partial charge in [0.15, 0.2) is 5.69 Å². The van der Waals surface area contributed by atoms with Gasteiger partial charge in [0.2, 0.25) is 0 Å². The van der Waals surface area contributed by atoms with Crippen molar-refractivity contribution < 1.29 is 13.2 Å². The number of rotatable bonds is 2. The fraction of sp³-hybridized carbons (Fsp3) is 0.222. The minimum Gasteiger partial charge on any atom is -0.397 e. The van der Waals surface area contributed by atoms with E-state index in [1.54, 1.807) is 0 Å². The molecule has 0 saturated heterocycles. The molecule has 1 aromatic carbocycles. The lowest BCUT2D eigenvalue weighted by Gasteiger charge is -2.11. The summed E-state index contributed by atoms with van der Waals surface area (Å²) in [6.07, 6.45) is -4.31. The van der Waals surface area contributed by atoms with Crippen LogP contribution in [0.25, 0.3) is 4.85 Å². The van der Waals surface area contributed by atoms with Gasteiger partial charge in [-0.05, 0) is 12.1 Å². The van der Waals surface area contributed by atoms with Crippen molar-refractivity contribution in [2.45, 2.75) is 6.18 Å². The molecule has 3 nitrogen and oxygen atoms in total. The topological polar surface area (TPSA) is 42.4 Å². The second-order valence-electron chi connectivity index (χ2n) is 2.85. The quantitative estimate of drug-likeness (QED) is 0.588. The molecular formula is C9H8F3N3. The molecule has 0 fully saturated rings. The van der Waals surface area contributed by atoms with Crippen LogP contribution in [0.3, 0.4) is 0 Å². The predicted octanol–water partition coefficient (Wildman–Crippen LogP) is 2.79. The van der Waals surface area contributed by atoms with E-state index in [2.05, 4.69) is 10.2 Å². The molecule has 3 N–H and O–H groups in total. The maximum atomic E-state index is 11.9. The van der Waals surface area contributed by atoms with E-state index in [-0.39, 0.29) is 17.1 Å². The molecule has 0 atom stereocenters. The molecule has 0 aromatic heterocycles. The average molecular weight is 215 g/mol. The maximum absolute atomic E-state index is 11.9. The fourth-order valence-electron chi connectivity index (χ4n) is 0.962. The Hall–Kier alpha value is -1.90. The first kappa shape index (κ1) is 11.2. The van der Waals surface area contributed by atoms with Crippen LogP contribution >= 0.6 is 0 Å². The molecule has 0 aliphatic carbocycles. The lowest BCUT2D eigenvalue weighted by Crippen LogP contribution is -2.21. The summed E-state index contributed by atoms with van der Waals surface area (Å²) in [4.78, 5) is 3.09. The molecule has 0 aliphatic heterocycles. The van der Waals surface area contributed by atoms with Crippen LogP contribution in [0.5, 0.6) is 0 Å². The van der Waals surface area contributed by atoms with Gasteiger partial charge in [-0.2, -0.15) is 13.2 Å². The summed E-state index contributed by atoms with van der Waals surface area (Å²) in [6, 6.07) is 4.13. The third-order valence-corrected chi connectivity index (χ3v) is 1.65. The van der Waals surface area contributed by atoms with Gasteiger partial charge in [0.05, 0.1) is 12.3 Å². The van der Waals surface area contributed by atoms with Gasteiger partial charge in [-0.15, -0.1) is 0 Å². The standard InChI is InChI=1S/C9H8F3N3/c1-14-6-2-3-7(13)8(4-6)15-5-9(10,11)12/h2-4,15H,5,13H2. The molecule has 0 radical (unpaired) electrons. The second kappa shape index (κ2) is 4.09. The van der Waals surface area contributed by atoms with Crippen molar-refractivity contribution in [3.63, 3.8) is 0 Å². The van der Waals surface area contributed by atoms with Gasteiger partial charge < -0.3 is 11.1 Å². The number of anilines is 2. The number of hydrogen-bond acceptors (Lipinski definition) is 2. The zero-order valence-corrected chi connectivity index (χ0v) is 7.60. The van der Waals surface area contributed by atoms with Crippen LogP contribution in [-0.2, 0) is 0 Å². The zero-order chi connectivity index (χ0) is 11.5. The van der Waals surface area contributed by atoms with E-state index in [0.29, 0.717) is 0 Å². The average Bonchev–Trinajstić information content (AvgIpc) is 2.15. The summed E-state index contributed by atoms with van der Waals surface area (Å²) < 4.78 is 35.7. The summed E-state index contributed by atoms with van der Waals surface area (Å²) in [6.45, 7) is 5.53. The number of alkyl halides is 3. The highest BCUT2D eigenvalue weighted by Gasteiger charge is 2.26. The van der Waals surface area contributed by atoms with Gasteiger partial charge in [-0.3, -0.25) is 0 Å². The summed E-state index contributed by atoms with van der Waals surface area (Å²) in [7, 11) is 0. The summed E-state index contributed by atoms with van der Waals surface area (Å²) in [5, 5.41) is 2.13. The largest absolute Gasteiger partial charge is 0.405 e. The Balaban J connectivity index is 2.81. The molecule has 1 rings (SSSR count). The predicted molar refractivity (Wildman–Crippen MR) is 51.7 cm³/mol. The Morgan fingerprint density at radius 3 is 2.60 bits per heavy atom. The van der Waals surface area contributed by atoms with Crippen LogP contribution in [0.1, 0.15) is 0 Å². The van der Waals surface area contributed by atoms with Crippen molar-refractivity contribution in [2.75, 3.05) is 17.6 Å². The van der Waals surface area contributed by atoms with Crippen molar-refractivity contribution in [1.29, 1.82) is 0 Å². The highest BCUT2D eigenvalue weighted by molar-refractivity contribution is 5.72. The van der Waals surface area contributed by atoms with Crippen LogP contribution in [-0.4, -0.2) is 12.7 Å². The molecule has 80 valence electrons. The maximum Gasteiger partial charge on any atom is 0.405 e. The number of nitrogen functional groups attached to an aromatic ring is 1. The van der Waals surface area contributed by atoms with E-state index in [9.17, 15) is 13.2 Å². The number of benzene rings is 1. The minimum absolute atomic E-state index is 0.126. The Labute approximate surface area is 84.5 Å². The van der Waals surface area contributed by atoms with Crippen molar-refractivity contribution >= 4 is 17.1 Å². The first-order valence-electron chi connectivity index (χ1n) is 4.00.